The minimum atomic E-state index is -0.657. The molecule has 0 amide bonds. The SMILES string of the molecule is O=[N+]([O-])c1ccc(F)cc1Oc1ccc(CCl)cc1Cl. The molecule has 2 aromatic carbocycles. The maximum atomic E-state index is 13.2. The van der Waals surface area contributed by atoms with Gasteiger partial charge in [-0.25, -0.2) is 4.39 Å². The Morgan fingerprint density at radius 2 is 1.95 bits per heavy atom. The van der Waals surface area contributed by atoms with Gasteiger partial charge in [0.2, 0.25) is 5.75 Å². The molecule has 0 aliphatic heterocycles. The molecule has 4 nitrogen and oxygen atoms in total. The van der Waals surface area contributed by atoms with Crippen molar-refractivity contribution < 1.29 is 14.1 Å². The molecule has 0 fully saturated rings. The van der Waals surface area contributed by atoms with Gasteiger partial charge in [-0.2, -0.15) is 0 Å². The predicted octanol–water partition coefficient (Wildman–Crippen LogP) is 4.92. The van der Waals surface area contributed by atoms with E-state index in [0.29, 0.717) is 0 Å². The average molecular weight is 316 g/mol. The lowest BCUT2D eigenvalue weighted by atomic mass is 10.2. The molecular weight excluding hydrogens is 308 g/mol. The smallest absolute Gasteiger partial charge is 0.311 e. The van der Waals surface area contributed by atoms with Crippen LogP contribution in [0.5, 0.6) is 11.5 Å². The van der Waals surface area contributed by atoms with Crippen molar-refractivity contribution in [2.45, 2.75) is 5.88 Å². The third kappa shape index (κ3) is 3.18. The number of nitro benzene ring substituents is 1. The van der Waals surface area contributed by atoms with E-state index in [1.54, 1.807) is 12.1 Å². The molecule has 0 unspecified atom stereocenters. The summed E-state index contributed by atoms with van der Waals surface area (Å²) < 4.78 is 18.5. The van der Waals surface area contributed by atoms with Gasteiger partial charge in [-0.05, 0) is 23.8 Å². The Kier molecular flexibility index (Phi) is 4.42. The molecule has 0 aliphatic rings. The highest BCUT2D eigenvalue weighted by Gasteiger charge is 2.17. The van der Waals surface area contributed by atoms with Crippen molar-refractivity contribution in [3.05, 3.63) is 62.9 Å². The van der Waals surface area contributed by atoms with Crippen molar-refractivity contribution in [1.82, 2.24) is 0 Å². The first-order chi connectivity index (χ1) is 9.51. The fourth-order valence-electron chi connectivity index (χ4n) is 1.55. The molecule has 0 aliphatic carbocycles. The van der Waals surface area contributed by atoms with Gasteiger partial charge in [-0.1, -0.05) is 17.7 Å². The Hall–Kier alpha value is -1.85. The van der Waals surface area contributed by atoms with Crippen LogP contribution in [-0.2, 0) is 5.88 Å². The highest BCUT2D eigenvalue weighted by Crippen LogP contribution is 2.35. The summed E-state index contributed by atoms with van der Waals surface area (Å²) in [5, 5.41) is 11.1. The highest BCUT2D eigenvalue weighted by atomic mass is 35.5. The number of hydrogen-bond acceptors (Lipinski definition) is 3. The van der Waals surface area contributed by atoms with Gasteiger partial charge in [-0.15, -0.1) is 11.6 Å². The second kappa shape index (κ2) is 6.07. The molecule has 0 bridgehead atoms. The van der Waals surface area contributed by atoms with E-state index < -0.39 is 10.7 Å². The van der Waals surface area contributed by atoms with Crippen molar-refractivity contribution in [1.29, 1.82) is 0 Å². The number of nitrogens with zero attached hydrogens (tertiary/aromatic N) is 1. The first-order valence-corrected chi connectivity index (χ1v) is 6.38. The fraction of sp³-hybridized carbons (Fsp3) is 0.0769. The molecular formula is C13H8Cl2FNO3. The van der Waals surface area contributed by atoms with Gasteiger partial charge in [-0.3, -0.25) is 10.1 Å². The Bertz CT molecular complexity index is 664. The van der Waals surface area contributed by atoms with Gasteiger partial charge in [0.25, 0.3) is 0 Å². The lowest BCUT2D eigenvalue weighted by Gasteiger charge is -2.09. The van der Waals surface area contributed by atoms with Gasteiger partial charge in [0.1, 0.15) is 11.6 Å². The van der Waals surface area contributed by atoms with Crippen LogP contribution in [0.4, 0.5) is 10.1 Å². The summed E-state index contributed by atoms with van der Waals surface area (Å²) in [5.41, 5.74) is 0.432. The van der Waals surface area contributed by atoms with E-state index in [0.717, 1.165) is 23.8 Å². The number of rotatable bonds is 4. The normalized spacial score (nSPS) is 10.3. The van der Waals surface area contributed by atoms with E-state index in [4.69, 9.17) is 27.9 Å². The third-order valence-corrected chi connectivity index (χ3v) is 3.09. The van der Waals surface area contributed by atoms with Crippen LogP contribution in [0, 0.1) is 15.9 Å². The number of ether oxygens (including phenoxy) is 1. The van der Waals surface area contributed by atoms with Crippen LogP contribution >= 0.6 is 23.2 Å². The van der Waals surface area contributed by atoms with E-state index in [1.807, 2.05) is 0 Å². The summed E-state index contributed by atoms with van der Waals surface area (Å²) in [4.78, 5) is 10.2. The molecule has 0 spiro atoms. The molecule has 2 rings (SSSR count). The first-order valence-electron chi connectivity index (χ1n) is 5.47. The maximum Gasteiger partial charge on any atom is 0.311 e. The average Bonchev–Trinajstić information content (AvgIpc) is 2.40. The molecule has 104 valence electrons. The van der Waals surface area contributed by atoms with E-state index in [1.165, 1.54) is 6.07 Å². The van der Waals surface area contributed by atoms with Crippen molar-refractivity contribution in [2.75, 3.05) is 0 Å². The maximum absolute atomic E-state index is 13.2. The second-order valence-electron chi connectivity index (χ2n) is 3.87. The van der Waals surface area contributed by atoms with Crippen LogP contribution in [0.2, 0.25) is 5.02 Å². The molecule has 0 saturated carbocycles. The monoisotopic (exact) mass is 315 g/mol. The molecule has 0 aromatic heterocycles. The zero-order valence-electron chi connectivity index (χ0n) is 9.98. The molecule has 0 N–H and O–H groups in total. The molecule has 0 saturated heterocycles. The molecule has 0 radical (unpaired) electrons. The van der Waals surface area contributed by atoms with E-state index >= 15 is 0 Å². The topological polar surface area (TPSA) is 52.4 Å². The lowest BCUT2D eigenvalue weighted by Crippen LogP contribution is -1.95. The lowest BCUT2D eigenvalue weighted by molar-refractivity contribution is -0.385. The predicted molar refractivity (Wildman–Crippen MR) is 74.1 cm³/mol. The van der Waals surface area contributed by atoms with E-state index in [2.05, 4.69) is 0 Å². The van der Waals surface area contributed by atoms with Crippen LogP contribution in [0.1, 0.15) is 5.56 Å². The number of hydrogen-bond donors (Lipinski definition) is 0. The van der Waals surface area contributed by atoms with Crippen molar-refractivity contribution in [2.24, 2.45) is 0 Å². The number of alkyl halides is 1. The molecule has 20 heavy (non-hydrogen) atoms. The van der Waals surface area contributed by atoms with Crippen molar-refractivity contribution >= 4 is 28.9 Å². The second-order valence-corrected chi connectivity index (χ2v) is 4.54. The zero-order chi connectivity index (χ0) is 14.7. The van der Waals surface area contributed by atoms with Crippen molar-refractivity contribution in [3.63, 3.8) is 0 Å². The summed E-state index contributed by atoms with van der Waals surface area (Å²) in [7, 11) is 0. The summed E-state index contributed by atoms with van der Waals surface area (Å²) >= 11 is 11.6. The number of benzene rings is 2. The quantitative estimate of drug-likeness (QED) is 0.457. The van der Waals surface area contributed by atoms with E-state index in [-0.39, 0.29) is 28.1 Å². The minimum Gasteiger partial charge on any atom is -0.448 e. The Morgan fingerprint density at radius 1 is 1.20 bits per heavy atom. The molecule has 0 heterocycles. The standard InChI is InChI=1S/C13H8Cl2FNO3/c14-7-8-1-4-12(10(15)5-8)20-13-6-9(16)2-3-11(13)17(18)19/h1-6H,7H2. The third-order valence-electron chi connectivity index (χ3n) is 2.49. The molecule has 0 atom stereocenters. The molecule has 2 aromatic rings. The summed E-state index contributed by atoms with van der Waals surface area (Å²) in [6, 6.07) is 7.72. The van der Waals surface area contributed by atoms with Crippen LogP contribution in [0.25, 0.3) is 0 Å². The van der Waals surface area contributed by atoms with Gasteiger partial charge in [0.15, 0.2) is 0 Å². The van der Waals surface area contributed by atoms with Crippen LogP contribution in [0.15, 0.2) is 36.4 Å². The number of halogens is 3. The minimum absolute atomic E-state index is 0.189. The van der Waals surface area contributed by atoms with Crippen LogP contribution in [-0.4, -0.2) is 4.92 Å². The van der Waals surface area contributed by atoms with E-state index in [9.17, 15) is 14.5 Å². The summed E-state index contributed by atoms with van der Waals surface area (Å²) in [6.07, 6.45) is 0. The molecule has 7 heteroatoms. The van der Waals surface area contributed by atoms with Gasteiger partial charge in [0, 0.05) is 18.0 Å². The van der Waals surface area contributed by atoms with Gasteiger partial charge < -0.3 is 4.74 Å². The van der Waals surface area contributed by atoms with Gasteiger partial charge >= 0.3 is 5.69 Å². The largest absolute Gasteiger partial charge is 0.448 e. The first kappa shape index (κ1) is 14.6. The van der Waals surface area contributed by atoms with Crippen LogP contribution < -0.4 is 4.74 Å². The highest BCUT2D eigenvalue weighted by molar-refractivity contribution is 6.32. The fourth-order valence-corrected chi connectivity index (χ4v) is 1.96. The Morgan fingerprint density at radius 3 is 2.55 bits per heavy atom. The summed E-state index contributed by atoms with van der Waals surface area (Å²) in [6.45, 7) is 0. The van der Waals surface area contributed by atoms with Gasteiger partial charge in [0.05, 0.1) is 9.95 Å². The van der Waals surface area contributed by atoms with Crippen LogP contribution in [0.3, 0.4) is 0 Å². The Balaban J connectivity index is 2.39. The van der Waals surface area contributed by atoms with Crippen molar-refractivity contribution in [3.8, 4) is 11.5 Å². The zero-order valence-corrected chi connectivity index (χ0v) is 11.5. The number of nitro groups is 1. The Labute approximate surface area is 123 Å². The summed E-state index contributed by atoms with van der Waals surface area (Å²) in [5.74, 6) is -0.385.